The van der Waals surface area contributed by atoms with E-state index < -0.39 is 14.9 Å². The fourth-order valence-electron chi connectivity index (χ4n) is 2.55. The first-order valence-electron chi connectivity index (χ1n) is 8.31. The van der Waals surface area contributed by atoms with Gasteiger partial charge in [0.25, 0.3) is 15.7 Å². The van der Waals surface area contributed by atoms with Gasteiger partial charge in [-0.3, -0.25) is 19.4 Å². The van der Waals surface area contributed by atoms with E-state index in [4.69, 9.17) is 0 Å². The van der Waals surface area contributed by atoms with E-state index in [2.05, 4.69) is 4.99 Å². The molecule has 0 unspecified atom stereocenters. The van der Waals surface area contributed by atoms with Gasteiger partial charge in [-0.25, -0.2) is 8.42 Å². The third-order valence-electron chi connectivity index (χ3n) is 4.08. The van der Waals surface area contributed by atoms with E-state index in [1.165, 1.54) is 41.8 Å². The molecule has 0 amide bonds. The molecule has 3 aromatic carbocycles. The van der Waals surface area contributed by atoms with Crippen molar-refractivity contribution in [3.63, 3.8) is 0 Å². The van der Waals surface area contributed by atoms with Gasteiger partial charge in [0.2, 0.25) is 0 Å². The Kier molecular flexibility index (Phi) is 5.51. The number of hydrogen-bond donors (Lipinski definition) is 0. The number of benzene rings is 3. The van der Waals surface area contributed by atoms with Crippen LogP contribution in [0.3, 0.4) is 0 Å². The second-order valence-electron chi connectivity index (χ2n) is 5.88. The average Bonchev–Trinajstić information content (AvgIpc) is 2.73. The molecule has 0 atom stereocenters. The second kappa shape index (κ2) is 8.01. The molecule has 0 aliphatic heterocycles. The minimum absolute atomic E-state index is 0.00811. The van der Waals surface area contributed by atoms with Gasteiger partial charge in [0.15, 0.2) is 0 Å². The number of anilines is 1. The zero-order chi connectivity index (χ0) is 20.1. The Hall–Kier alpha value is -3.52. The van der Waals surface area contributed by atoms with Gasteiger partial charge in [-0.15, -0.1) is 0 Å². The van der Waals surface area contributed by atoms with Gasteiger partial charge in [-0.05, 0) is 42.0 Å². The van der Waals surface area contributed by atoms with Crippen molar-refractivity contribution in [1.82, 2.24) is 0 Å². The number of hydrogen-bond acceptors (Lipinski definition) is 5. The predicted molar refractivity (Wildman–Crippen MR) is 109 cm³/mol. The molecule has 0 heterocycles. The van der Waals surface area contributed by atoms with Crippen molar-refractivity contribution >= 4 is 33.3 Å². The largest absolute Gasteiger partial charge is 0.269 e. The number of non-ortho nitro benzene ring substituents is 1. The van der Waals surface area contributed by atoms with Gasteiger partial charge in [-0.2, -0.15) is 0 Å². The fourth-order valence-corrected chi connectivity index (χ4v) is 3.78. The van der Waals surface area contributed by atoms with Crippen LogP contribution in [0.5, 0.6) is 0 Å². The van der Waals surface area contributed by atoms with Crippen molar-refractivity contribution in [3.8, 4) is 0 Å². The van der Waals surface area contributed by atoms with Crippen LogP contribution in [0, 0.1) is 10.1 Å². The lowest BCUT2D eigenvalue weighted by Gasteiger charge is -2.21. The van der Waals surface area contributed by atoms with Crippen molar-refractivity contribution in [1.29, 1.82) is 0 Å². The first-order valence-corrected chi connectivity index (χ1v) is 9.75. The van der Waals surface area contributed by atoms with Crippen LogP contribution in [0.25, 0.3) is 0 Å². The summed E-state index contributed by atoms with van der Waals surface area (Å²) < 4.78 is 26.9. The molecule has 8 heteroatoms. The summed E-state index contributed by atoms with van der Waals surface area (Å²) in [7, 11) is -2.25. The lowest BCUT2D eigenvalue weighted by molar-refractivity contribution is -0.384. The van der Waals surface area contributed by atoms with Crippen LogP contribution >= 0.6 is 0 Å². The van der Waals surface area contributed by atoms with E-state index in [-0.39, 0.29) is 10.6 Å². The molecule has 0 spiro atoms. The summed E-state index contributed by atoms with van der Waals surface area (Å²) in [5.74, 6) is 0. The van der Waals surface area contributed by atoms with E-state index in [1.807, 2.05) is 0 Å². The standard InChI is InChI=1S/C20H17N3O4S/c1-22(28(26,27)18-7-3-2-4-8-18)20-10-6-5-9-19(20)21-15-16-11-13-17(14-12-16)23(24)25/h2-15H,1H3. The molecule has 0 aliphatic rings. The number of nitro groups is 1. The van der Waals surface area contributed by atoms with Gasteiger partial charge in [0.1, 0.15) is 0 Å². The molecule has 0 aliphatic carbocycles. The monoisotopic (exact) mass is 395 g/mol. The van der Waals surface area contributed by atoms with Gasteiger partial charge in [0, 0.05) is 25.4 Å². The second-order valence-corrected chi connectivity index (χ2v) is 7.85. The first-order chi connectivity index (χ1) is 13.4. The Morgan fingerprint density at radius 2 is 1.54 bits per heavy atom. The van der Waals surface area contributed by atoms with Gasteiger partial charge in [-0.1, -0.05) is 30.3 Å². The first kappa shape index (κ1) is 19.2. The maximum atomic E-state index is 12.9. The van der Waals surface area contributed by atoms with Crippen LogP contribution < -0.4 is 4.31 Å². The summed E-state index contributed by atoms with van der Waals surface area (Å²) in [6.07, 6.45) is 1.53. The lowest BCUT2D eigenvalue weighted by atomic mass is 10.2. The zero-order valence-electron chi connectivity index (χ0n) is 15.0. The normalized spacial score (nSPS) is 11.5. The molecule has 0 bridgehead atoms. The fraction of sp³-hybridized carbons (Fsp3) is 0.0500. The highest BCUT2D eigenvalue weighted by atomic mass is 32.2. The molecule has 0 N–H and O–H groups in total. The van der Waals surface area contributed by atoms with Crippen molar-refractivity contribution in [2.24, 2.45) is 4.99 Å². The zero-order valence-corrected chi connectivity index (χ0v) is 15.8. The van der Waals surface area contributed by atoms with Crippen LogP contribution in [-0.4, -0.2) is 26.6 Å². The summed E-state index contributed by atoms with van der Waals surface area (Å²) in [5, 5.41) is 10.7. The van der Waals surface area contributed by atoms with E-state index in [0.717, 1.165) is 0 Å². The Bertz CT molecular complexity index is 1110. The maximum Gasteiger partial charge on any atom is 0.269 e. The summed E-state index contributed by atoms with van der Waals surface area (Å²) in [5.41, 5.74) is 1.53. The highest BCUT2D eigenvalue weighted by Gasteiger charge is 2.22. The third-order valence-corrected chi connectivity index (χ3v) is 5.86. The van der Waals surface area contributed by atoms with E-state index in [1.54, 1.807) is 54.6 Å². The molecule has 0 radical (unpaired) electrons. The molecule has 3 aromatic rings. The smallest absolute Gasteiger partial charge is 0.267 e. The van der Waals surface area contributed by atoms with Crippen LogP contribution in [0.4, 0.5) is 17.1 Å². The maximum absolute atomic E-state index is 12.9. The molecule has 0 saturated heterocycles. The van der Waals surface area contributed by atoms with Gasteiger partial charge >= 0.3 is 0 Å². The van der Waals surface area contributed by atoms with Crippen molar-refractivity contribution in [2.45, 2.75) is 4.90 Å². The van der Waals surface area contributed by atoms with Crippen LogP contribution in [-0.2, 0) is 10.0 Å². The molecule has 142 valence electrons. The highest BCUT2D eigenvalue weighted by Crippen LogP contribution is 2.31. The van der Waals surface area contributed by atoms with Crippen LogP contribution in [0.15, 0.2) is 88.8 Å². The number of sulfonamides is 1. The summed E-state index contributed by atoms with van der Waals surface area (Å²) in [6, 6.07) is 21.0. The quantitative estimate of drug-likeness (QED) is 0.356. The molecule has 3 rings (SSSR count). The van der Waals surface area contributed by atoms with E-state index in [9.17, 15) is 18.5 Å². The Balaban J connectivity index is 1.92. The third kappa shape index (κ3) is 4.07. The lowest BCUT2D eigenvalue weighted by Crippen LogP contribution is -2.26. The highest BCUT2D eigenvalue weighted by molar-refractivity contribution is 7.92. The molecule has 0 saturated carbocycles. The van der Waals surface area contributed by atoms with Crippen molar-refractivity contribution in [3.05, 3.63) is 94.5 Å². The summed E-state index contributed by atoms with van der Waals surface area (Å²) in [4.78, 5) is 14.8. The van der Waals surface area contributed by atoms with Gasteiger partial charge in [0.05, 0.1) is 21.2 Å². The number of nitrogens with zero attached hydrogens (tertiary/aromatic N) is 3. The SMILES string of the molecule is CN(c1ccccc1N=Cc1ccc([N+](=O)[O-])cc1)S(=O)(=O)c1ccccc1. The van der Waals surface area contributed by atoms with Crippen molar-refractivity contribution < 1.29 is 13.3 Å². The Morgan fingerprint density at radius 3 is 2.18 bits per heavy atom. The van der Waals surface area contributed by atoms with Crippen LogP contribution in [0.1, 0.15) is 5.56 Å². The molecular weight excluding hydrogens is 378 g/mol. The number of para-hydroxylation sites is 2. The van der Waals surface area contributed by atoms with E-state index >= 15 is 0 Å². The Morgan fingerprint density at radius 1 is 0.929 bits per heavy atom. The topological polar surface area (TPSA) is 92.9 Å². The summed E-state index contributed by atoms with van der Waals surface area (Å²) >= 11 is 0. The molecular formula is C20H17N3O4S. The molecule has 28 heavy (non-hydrogen) atoms. The van der Waals surface area contributed by atoms with Crippen LogP contribution in [0.2, 0.25) is 0 Å². The number of rotatable bonds is 6. The molecule has 0 fully saturated rings. The van der Waals surface area contributed by atoms with Gasteiger partial charge < -0.3 is 0 Å². The predicted octanol–water partition coefficient (Wildman–Crippen LogP) is 4.17. The summed E-state index contributed by atoms with van der Waals surface area (Å²) in [6.45, 7) is 0. The van der Waals surface area contributed by atoms with E-state index in [0.29, 0.717) is 16.9 Å². The molecule has 0 aromatic heterocycles. The Labute approximate surface area is 162 Å². The number of nitro benzene ring substituents is 1. The minimum Gasteiger partial charge on any atom is -0.267 e. The van der Waals surface area contributed by atoms with Crippen molar-refractivity contribution in [2.75, 3.05) is 11.4 Å². The number of aliphatic imine (C=N–C) groups is 1. The average molecular weight is 395 g/mol. The minimum atomic E-state index is -3.73. The molecule has 7 nitrogen and oxygen atoms in total.